The van der Waals surface area contributed by atoms with Crippen LogP contribution in [0, 0.1) is 18.8 Å². The van der Waals surface area contributed by atoms with Crippen molar-refractivity contribution >= 4 is 27.5 Å². The van der Waals surface area contributed by atoms with Gasteiger partial charge in [-0.25, -0.2) is 8.42 Å². The molecule has 0 radical (unpaired) electrons. The fraction of sp³-hybridized carbons (Fsp3) is 0.455. The average Bonchev–Trinajstić information content (AvgIpc) is 2.89. The standard InChI is InChI=1S/C22H28ClN3O3S/c1-15(2)18-10-11-24-22(27)21(12-18)26(14-17-5-4-16(3)25-13-17)30(28,29)20-8-6-19(23)7-9-20/h4-9,13,15,18,21H,10-12,14H2,1-3H3,(H,24,27). The van der Waals surface area contributed by atoms with Gasteiger partial charge in [0.15, 0.2) is 0 Å². The van der Waals surface area contributed by atoms with E-state index in [1.807, 2.05) is 19.1 Å². The maximum atomic E-state index is 13.6. The first-order valence-electron chi connectivity index (χ1n) is 10.1. The highest BCUT2D eigenvalue weighted by Gasteiger charge is 2.39. The Morgan fingerprint density at radius 1 is 1.20 bits per heavy atom. The third kappa shape index (κ3) is 5.20. The van der Waals surface area contributed by atoms with E-state index in [2.05, 4.69) is 24.1 Å². The maximum absolute atomic E-state index is 13.6. The molecular formula is C22H28ClN3O3S. The maximum Gasteiger partial charge on any atom is 0.244 e. The van der Waals surface area contributed by atoms with Gasteiger partial charge < -0.3 is 5.32 Å². The Bertz CT molecular complexity index is 976. The second-order valence-electron chi connectivity index (χ2n) is 8.15. The molecule has 0 bridgehead atoms. The molecule has 1 saturated heterocycles. The smallest absolute Gasteiger partial charge is 0.244 e. The number of sulfonamides is 1. The van der Waals surface area contributed by atoms with Gasteiger partial charge in [0.2, 0.25) is 15.9 Å². The van der Waals surface area contributed by atoms with E-state index >= 15 is 0 Å². The Kier molecular flexibility index (Phi) is 7.16. The first-order valence-corrected chi connectivity index (χ1v) is 12.0. The van der Waals surface area contributed by atoms with Crippen LogP contribution in [-0.2, 0) is 21.4 Å². The average molecular weight is 450 g/mol. The summed E-state index contributed by atoms with van der Waals surface area (Å²) in [5.41, 5.74) is 1.58. The van der Waals surface area contributed by atoms with Gasteiger partial charge in [-0.15, -0.1) is 0 Å². The molecule has 0 spiro atoms. The zero-order valence-electron chi connectivity index (χ0n) is 17.5. The van der Waals surface area contributed by atoms with E-state index in [1.54, 1.807) is 18.3 Å². The number of hydrogen-bond donors (Lipinski definition) is 1. The molecule has 1 aliphatic heterocycles. The lowest BCUT2D eigenvalue weighted by molar-refractivity contribution is -0.124. The van der Waals surface area contributed by atoms with E-state index in [9.17, 15) is 13.2 Å². The predicted octanol–water partition coefficient (Wildman–Crippen LogP) is 3.79. The molecule has 2 heterocycles. The number of hydrogen-bond acceptors (Lipinski definition) is 4. The van der Waals surface area contributed by atoms with Crippen molar-refractivity contribution in [2.24, 2.45) is 11.8 Å². The predicted molar refractivity (Wildman–Crippen MR) is 118 cm³/mol. The van der Waals surface area contributed by atoms with Crippen molar-refractivity contribution in [1.29, 1.82) is 0 Å². The lowest BCUT2D eigenvalue weighted by Gasteiger charge is -2.31. The highest BCUT2D eigenvalue weighted by Crippen LogP contribution is 2.30. The molecule has 1 aliphatic rings. The second-order valence-corrected chi connectivity index (χ2v) is 10.5. The minimum absolute atomic E-state index is 0.0706. The van der Waals surface area contributed by atoms with Gasteiger partial charge >= 0.3 is 0 Å². The van der Waals surface area contributed by atoms with Gasteiger partial charge in [-0.1, -0.05) is 31.5 Å². The number of carbonyl (C=O) groups is 1. The number of benzene rings is 1. The minimum Gasteiger partial charge on any atom is -0.355 e. The van der Waals surface area contributed by atoms with Gasteiger partial charge in [-0.2, -0.15) is 4.31 Å². The topological polar surface area (TPSA) is 79.4 Å². The SMILES string of the molecule is Cc1ccc(CN(C2CC(C(C)C)CCNC2=O)S(=O)(=O)c2ccc(Cl)cc2)cn1. The number of nitrogens with zero attached hydrogens (tertiary/aromatic N) is 2. The number of aryl methyl sites for hydroxylation is 1. The first kappa shape index (κ1) is 22.7. The molecule has 1 amide bonds. The minimum atomic E-state index is -3.94. The van der Waals surface area contributed by atoms with Crippen LogP contribution in [0.3, 0.4) is 0 Å². The highest BCUT2D eigenvalue weighted by atomic mass is 35.5. The summed E-state index contributed by atoms with van der Waals surface area (Å²) in [6.07, 6.45) is 2.98. The Morgan fingerprint density at radius 2 is 1.90 bits per heavy atom. The monoisotopic (exact) mass is 449 g/mol. The van der Waals surface area contributed by atoms with Crippen molar-refractivity contribution in [2.75, 3.05) is 6.54 Å². The molecule has 6 nitrogen and oxygen atoms in total. The van der Waals surface area contributed by atoms with Crippen LogP contribution in [0.15, 0.2) is 47.5 Å². The van der Waals surface area contributed by atoms with Crippen LogP contribution < -0.4 is 5.32 Å². The van der Waals surface area contributed by atoms with Gasteiger partial charge in [-0.3, -0.25) is 9.78 Å². The van der Waals surface area contributed by atoms with E-state index < -0.39 is 16.1 Å². The lowest BCUT2D eigenvalue weighted by atomic mass is 9.87. The van der Waals surface area contributed by atoms with Crippen LogP contribution in [0.25, 0.3) is 0 Å². The summed E-state index contributed by atoms with van der Waals surface area (Å²) in [4.78, 5) is 17.3. The molecule has 8 heteroatoms. The van der Waals surface area contributed by atoms with E-state index in [0.717, 1.165) is 17.7 Å². The van der Waals surface area contributed by atoms with Crippen LogP contribution in [0.4, 0.5) is 0 Å². The summed E-state index contributed by atoms with van der Waals surface area (Å²) in [5.74, 6) is 0.338. The molecular weight excluding hydrogens is 422 g/mol. The normalized spacial score (nSPS) is 20.3. The van der Waals surface area contributed by atoms with Gasteiger partial charge in [-0.05, 0) is 67.5 Å². The van der Waals surface area contributed by atoms with E-state index in [4.69, 9.17) is 11.6 Å². The molecule has 0 saturated carbocycles. The zero-order valence-corrected chi connectivity index (χ0v) is 19.1. The number of pyridine rings is 1. The molecule has 1 fully saturated rings. The Labute approximate surface area is 183 Å². The fourth-order valence-electron chi connectivity index (χ4n) is 3.74. The largest absolute Gasteiger partial charge is 0.355 e. The number of amides is 1. The highest BCUT2D eigenvalue weighted by molar-refractivity contribution is 7.89. The van der Waals surface area contributed by atoms with Crippen molar-refractivity contribution < 1.29 is 13.2 Å². The molecule has 2 atom stereocenters. The third-order valence-electron chi connectivity index (χ3n) is 5.66. The Balaban J connectivity index is 2.04. The van der Waals surface area contributed by atoms with E-state index in [0.29, 0.717) is 23.9 Å². The molecule has 0 aliphatic carbocycles. The molecule has 3 rings (SSSR count). The number of nitrogens with one attached hydrogen (secondary N) is 1. The summed E-state index contributed by atoms with van der Waals surface area (Å²) < 4.78 is 28.6. The summed E-state index contributed by atoms with van der Waals surface area (Å²) in [6, 6.07) is 8.95. The molecule has 162 valence electrons. The van der Waals surface area contributed by atoms with Gasteiger partial charge in [0, 0.05) is 30.0 Å². The lowest BCUT2D eigenvalue weighted by Crippen LogP contribution is -2.48. The number of aromatic nitrogens is 1. The van der Waals surface area contributed by atoms with E-state index in [-0.39, 0.29) is 23.3 Å². The van der Waals surface area contributed by atoms with Gasteiger partial charge in [0.05, 0.1) is 4.90 Å². The van der Waals surface area contributed by atoms with Crippen molar-refractivity contribution in [3.63, 3.8) is 0 Å². The second kappa shape index (κ2) is 9.45. The molecule has 2 unspecified atom stereocenters. The molecule has 1 aromatic heterocycles. The van der Waals surface area contributed by atoms with Gasteiger partial charge in [0.1, 0.15) is 6.04 Å². The van der Waals surface area contributed by atoms with Crippen molar-refractivity contribution in [2.45, 2.75) is 51.1 Å². The van der Waals surface area contributed by atoms with E-state index in [1.165, 1.54) is 16.4 Å². The van der Waals surface area contributed by atoms with Crippen LogP contribution >= 0.6 is 11.6 Å². The molecule has 1 N–H and O–H groups in total. The van der Waals surface area contributed by atoms with Crippen molar-refractivity contribution in [3.05, 3.63) is 58.9 Å². The quantitative estimate of drug-likeness (QED) is 0.727. The summed E-state index contributed by atoms with van der Waals surface area (Å²) in [7, 11) is -3.94. The molecule has 30 heavy (non-hydrogen) atoms. The number of carbonyl (C=O) groups excluding carboxylic acids is 1. The van der Waals surface area contributed by atoms with Crippen LogP contribution in [0.5, 0.6) is 0 Å². The number of halogens is 1. The van der Waals surface area contributed by atoms with Crippen LogP contribution in [0.1, 0.15) is 37.9 Å². The van der Waals surface area contributed by atoms with Crippen LogP contribution in [-0.4, -0.2) is 36.2 Å². The van der Waals surface area contributed by atoms with Crippen molar-refractivity contribution in [1.82, 2.24) is 14.6 Å². The summed E-state index contributed by atoms with van der Waals surface area (Å²) in [6.45, 7) is 6.72. The summed E-state index contributed by atoms with van der Waals surface area (Å²) >= 11 is 5.95. The Hall–Kier alpha value is -1.96. The van der Waals surface area contributed by atoms with Crippen molar-refractivity contribution in [3.8, 4) is 0 Å². The molecule has 1 aromatic carbocycles. The van der Waals surface area contributed by atoms with Gasteiger partial charge in [0.25, 0.3) is 0 Å². The summed E-state index contributed by atoms with van der Waals surface area (Å²) in [5, 5.41) is 3.36. The third-order valence-corrected chi connectivity index (χ3v) is 7.79. The fourth-order valence-corrected chi connectivity index (χ4v) is 5.45. The first-order chi connectivity index (χ1) is 14.2. The number of rotatable bonds is 6. The Morgan fingerprint density at radius 3 is 2.50 bits per heavy atom. The zero-order chi connectivity index (χ0) is 21.9. The van der Waals surface area contributed by atoms with Crippen LogP contribution in [0.2, 0.25) is 5.02 Å². The molecule has 2 aromatic rings.